The molecule has 0 unspecified atom stereocenters. The molecule has 25 heavy (non-hydrogen) atoms. The maximum Gasteiger partial charge on any atom is 0.259 e. The van der Waals surface area contributed by atoms with Crippen molar-refractivity contribution in [1.29, 1.82) is 0 Å². The van der Waals surface area contributed by atoms with Crippen LogP contribution in [0, 0.1) is 0 Å². The summed E-state index contributed by atoms with van der Waals surface area (Å²) in [5, 5.41) is 7.81. The highest BCUT2D eigenvalue weighted by atomic mass is 32.1. The lowest BCUT2D eigenvalue weighted by atomic mass is 10.1. The van der Waals surface area contributed by atoms with Crippen LogP contribution in [0.2, 0.25) is 0 Å². The topological polar surface area (TPSA) is 80.3 Å². The van der Waals surface area contributed by atoms with E-state index in [1.807, 2.05) is 0 Å². The standard InChI is InChI=1S/C18H15N3O3S/c1-24-15-5-3-2-4-14(15)17(23)20-13-8-6-12(7-9-13)16(22)21-18-19-10-11-25-18/h2-11H,1H3,(H,20,23)(H,19,21,22). The Balaban J connectivity index is 1.68. The van der Waals surface area contributed by atoms with Crippen LogP contribution in [-0.4, -0.2) is 23.9 Å². The second-order valence-corrected chi connectivity index (χ2v) is 5.92. The van der Waals surface area contributed by atoms with Crippen LogP contribution in [0.15, 0.2) is 60.1 Å². The predicted octanol–water partition coefficient (Wildman–Crippen LogP) is 3.66. The summed E-state index contributed by atoms with van der Waals surface area (Å²) in [7, 11) is 1.52. The van der Waals surface area contributed by atoms with Gasteiger partial charge in [0.25, 0.3) is 11.8 Å². The monoisotopic (exact) mass is 353 g/mol. The van der Waals surface area contributed by atoms with Gasteiger partial charge < -0.3 is 10.1 Å². The molecule has 1 aromatic heterocycles. The maximum atomic E-state index is 12.3. The van der Waals surface area contributed by atoms with Crippen molar-refractivity contribution in [3.05, 3.63) is 71.2 Å². The van der Waals surface area contributed by atoms with E-state index in [1.54, 1.807) is 60.1 Å². The van der Waals surface area contributed by atoms with Gasteiger partial charge in [-0.25, -0.2) is 4.98 Å². The van der Waals surface area contributed by atoms with Crippen LogP contribution in [0.3, 0.4) is 0 Å². The van der Waals surface area contributed by atoms with E-state index in [0.717, 1.165) is 0 Å². The minimum absolute atomic E-state index is 0.252. The van der Waals surface area contributed by atoms with Gasteiger partial charge in [-0.2, -0.15) is 0 Å². The van der Waals surface area contributed by atoms with Crippen molar-refractivity contribution in [2.75, 3.05) is 17.7 Å². The number of thiazole rings is 1. The molecule has 0 spiro atoms. The Labute approximate surface area is 148 Å². The lowest BCUT2D eigenvalue weighted by Gasteiger charge is -2.09. The Morgan fingerprint density at radius 2 is 1.76 bits per heavy atom. The van der Waals surface area contributed by atoms with Gasteiger partial charge in [-0.15, -0.1) is 11.3 Å². The SMILES string of the molecule is COc1ccccc1C(=O)Nc1ccc(C(=O)Nc2nccs2)cc1. The van der Waals surface area contributed by atoms with Crippen LogP contribution < -0.4 is 15.4 Å². The molecule has 0 bridgehead atoms. The molecule has 2 aromatic carbocycles. The molecule has 0 atom stereocenters. The minimum Gasteiger partial charge on any atom is -0.496 e. The molecule has 0 saturated carbocycles. The molecule has 2 N–H and O–H groups in total. The molecule has 0 saturated heterocycles. The molecule has 2 amide bonds. The number of para-hydroxylation sites is 1. The van der Waals surface area contributed by atoms with E-state index in [-0.39, 0.29) is 11.8 Å². The van der Waals surface area contributed by atoms with E-state index in [1.165, 1.54) is 18.4 Å². The number of hydrogen-bond donors (Lipinski definition) is 2. The summed E-state index contributed by atoms with van der Waals surface area (Å²) in [6.45, 7) is 0. The fourth-order valence-corrected chi connectivity index (χ4v) is 2.71. The van der Waals surface area contributed by atoms with Crippen molar-refractivity contribution in [3.8, 4) is 5.75 Å². The van der Waals surface area contributed by atoms with Crippen LogP contribution in [0.5, 0.6) is 5.75 Å². The number of ether oxygens (including phenoxy) is 1. The van der Waals surface area contributed by atoms with Crippen LogP contribution in [0.1, 0.15) is 20.7 Å². The van der Waals surface area contributed by atoms with Crippen LogP contribution in [0.4, 0.5) is 10.8 Å². The number of hydrogen-bond acceptors (Lipinski definition) is 5. The van der Waals surface area contributed by atoms with Crippen LogP contribution >= 0.6 is 11.3 Å². The number of methoxy groups -OCH3 is 1. The number of carbonyl (C=O) groups is 2. The molecule has 7 heteroatoms. The minimum atomic E-state index is -0.280. The number of aromatic nitrogens is 1. The molecule has 1 heterocycles. The van der Waals surface area contributed by atoms with E-state index < -0.39 is 0 Å². The lowest BCUT2D eigenvalue weighted by molar-refractivity contribution is 0.101. The van der Waals surface area contributed by atoms with Crippen molar-refractivity contribution in [1.82, 2.24) is 4.98 Å². The number of amides is 2. The molecule has 0 aliphatic carbocycles. The van der Waals surface area contributed by atoms with Gasteiger partial charge in [0.2, 0.25) is 0 Å². The Morgan fingerprint density at radius 1 is 1.00 bits per heavy atom. The second-order valence-electron chi connectivity index (χ2n) is 5.02. The average molecular weight is 353 g/mol. The van der Waals surface area contributed by atoms with Crippen molar-refractivity contribution < 1.29 is 14.3 Å². The number of rotatable bonds is 5. The molecular formula is C18H15N3O3S. The van der Waals surface area contributed by atoms with Crippen molar-refractivity contribution >= 4 is 34.0 Å². The number of anilines is 2. The summed E-state index contributed by atoms with van der Waals surface area (Å²) >= 11 is 1.35. The number of nitrogens with one attached hydrogen (secondary N) is 2. The van der Waals surface area contributed by atoms with Gasteiger partial charge in [0.15, 0.2) is 5.13 Å². The second kappa shape index (κ2) is 7.59. The van der Waals surface area contributed by atoms with Crippen molar-refractivity contribution in [3.63, 3.8) is 0 Å². The first-order valence-corrected chi connectivity index (χ1v) is 8.30. The van der Waals surface area contributed by atoms with E-state index >= 15 is 0 Å². The first-order chi connectivity index (χ1) is 12.2. The highest BCUT2D eigenvalue weighted by Gasteiger charge is 2.12. The van der Waals surface area contributed by atoms with Gasteiger partial charge in [-0.3, -0.25) is 14.9 Å². The third-order valence-corrected chi connectivity index (χ3v) is 4.10. The zero-order chi connectivity index (χ0) is 17.6. The molecule has 0 aliphatic rings. The molecule has 0 radical (unpaired) electrons. The summed E-state index contributed by atoms with van der Waals surface area (Å²) in [6.07, 6.45) is 1.62. The third kappa shape index (κ3) is 4.02. The van der Waals surface area contributed by atoms with E-state index in [2.05, 4.69) is 15.6 Å². The Kier molecular flexibility index (Phi) is 5.06. The van der Waals surface area contributed by atoms with E-state index in [9.17, 15) is 9.59 Å². The smallest absolute Gasteiger partial charge is 0.259 e. The molecular weight excluding hydrogens is 338 g/mol. The highest BCUT2D eigenvalue weighted by Crippen LogP contribution is 2.20. The zero-order valence-corrected chi connectivity index (χ0v) is 14.2. The van der Waals surface area contributed by atoms with Crippen LogP contribution in [-0.2, 0) is 0 Å². The fraction of sp³-hybridized carbons (Fsp3) is 0.0556. The summed E-state index contributed by atoms with van der Waals surface area (Å²) in [5.41, 5.74) is 1.50. The normalized spacial score (nSPS) is 10.1. The molecule has 6 nitrogen and oxygen atoms in total. The predicted molar refractivity (Wildman–Crippen MR) is 97.5 cm³/mol. The van der Waals surface area contributed by atoms with Gasteiger partial charge in [0, 0.05) is 22.8 Å². The third-order valence-electron chi connectivity index (χ3n) is 3.41. The van der Waals surface area contributed by atoms with Crippen LogP contribution in [0.25, 0.3) is 0 Å². The highest BCUT2D eigenvalue weighted by molar-refractivity contribution is 7.13. The van der Waals surface area contributed by atoms with Gasteiger partial charge >= 0.3 is 0 Å². The fourth-order valence-electron chi connectivity index (χ4n) is 2.19. The first kappa shape index (κ1) is 16.7. The molecule has 0 fully saturated rings. The van der Waals surface area contributed by atoms with Crippen molar-refractivity contribution in [2.24, 2.45) is 0 Å². The largest absolute Gasteiger partial charge is 0.496 e. The number of benzene rings is 2. The molecule has 3 rings (SSSR count). The number of nitrogens with zero attached hydrogens (tertiary/aromatic N) is 1. The Morgan fingerprint density at radius 3 is 2.44 bits per heavy atom. The summed E-state index contributed by atoms with van der Waals surface area (Å²) in [5.74, 6) is -0.0329. The van der Waals surface area contributed by atoms with E-state index in [0.29, 0.717) is 27.7 Å². The maximum absolute atomic E-state index is 12.3. The zero-order valence-electron chi connectivity index (χ0n) is 13.4. The summed E-state index contributed by atoms with van der Waals surface area (Å²) < 4.78 is 5.19. The van der Waals surface area contributed by atoms with Gasteiger partial charge in [-0.05, 0) is 36.4 Å². The summed E-state index contributed by atoms with van der Waals surface area (Å²) in [6, 6.07) is 13.6. The summed E-state index contributed by atoms with van der Waals surface area (Å²) in [4.78, 5) is 28.5. The molecule has 0 aliphatic heterocycles. The van der Waals surface area contributed by atoms with Crippen molar-refractivity contribution in [2.45, 2.75) is 0 Å². The quantitative estimate of drug-likeness (QED) is 0.734. The van der Waals surface area contributed by atoms with Gasteiger partial charge in [0.05, 0.1) is 12.7 Å². The Bertz CT molecular complexity index is 877. The van der Waals surface area contributed by atoms with Gasteiger partial charge in [0.1, 0.15) is 5.75 Å². The average Bonchev–Trinajstić information content (AvgIpc) is 3.15. The molecule has 126 valence electrons. The molecule has 3 aromatic rings. The van der Waals surface area contributed by atoms with E-state index in [4.69, 9.17) is 4.74 Å². The lowest BCUT2D eigenvalue weighted by Crippen LogP contribution is -2.14. The van der Waals surface area contributed by atoms with Gasteiger partial charge in [-0.1, -0.05) is 12.1 Å². The number of carbonyl (C=O) groups excluding carboxylic acids is 2. The Hall–Kier alpha value is -3.19. The first-order valence-electron chi connectivity index (χ1n) is 7.42.